The number of carbonyl (C=O) groups excluding carboxylic acids is 1. The van der Waals surface area contributed by atoms with Crippen molar-refractivity contribution in [2.45, 2.75) is 19.1 Å². The third kappa shape index (κ3) is 4.46. The normalized spacial score (nSPS) is 20.8. The van der Waals surface area contributed by atoms with E-state index in [4.69, 9.17) is 9.47 Å². The van der Waals surface area contributed by atoms with Crippen molar-refractivity contribution in [1.82, 2.24) is 4.90 Å². The molecule has 126 valence electrons. The van der Waals surface area contributed by atoms with Gasteiger partial charge in [-0.1, -0.05) is 0 Å². The first-order chi connectivity index (χ1) is 11.1. The van der Waals surface area contributed by atoms with Crippen LogP contribution in [0.25, 0.3) is 0 Å². The minimum atomic E-state index is -0.710. The second-order valence-corrected chi connectivity index (χ2v) is 5.93. The first-order valence-corrected chi connectivity index (χ1v) is 7.81. The standard InChI is InChI=1S/C16H20F2N2O3/c17-12-7-13(18)9-14(8-12)19-15(21)10-20-3-1-11(2-4-20)16-22-5-6-23-16/h7-9,11,16H,1-6,10H2,(H,19,21). The summed E-state index contributed by atoms with van der Waals surface area (Å²) in [7, 11) is 0. The van der Waals surface area contributed by atoms with Gasteiger partial charge in [-0.2, -0.15) is 0 Å². The fourth-order valence-corrected chi connectivity index (χ4v) is 3.06. The van der Waals surface area contributed by atoms with Crippen LogP contribution in [-0.2, 0) is 14.3 Å². The van der Waals surface area contributed by atoms with Crippen LogP contribution in [0.3, 0.4) is 0 Å². The van der Waals surface area contributed by atoms with E-state index in [1.807, 2.05) is 4.90 Å². The van der Waals surface area contributed by atoms with Gasteiger partial charge in [-0.05, 0) is 38.1 Å². The molecule has 0 unspecified atom stereocenters. The van der Waals surface area contributed by atoms with Crippen LogP contribution in [0.2, 0.25) is 0 Å². The first-order valence-electron chi connectivity index (χ1n) is 7.81. The highest BCUT2D eigenvalue weighted by Crippen LogP contribution is 2.25. The van der Waals surface area contributed by atoms with Gasteiger partial charge in [-0.3, -0.25) is 9.69 Å². The average Bonchev–Trinajstić information content (AvgIpc) is 3.01. The third-order valence-electron chi connectivity index (χ3n) is 4.18. The van der Waals surface area contributed by atoms with E-state index in [1.165, 1.54) is 0 Å². The van der Waals surface area contributed by atoms with Gasteiger partial charge in [0.1, 0.15) is 11.6 Å². The molecular weight excluding hydrogens is 306 g/mol. The molecule has 2 saturated heterocycles. The summed E-state index contributed by atoms with van der Waals surface area (Å²) in [6, 6.07) is 2.97. The SMILES string of the molecule is O=C(CN1CCC(C2OCCO2)CC1)Nc1cc(F)cc(F)c1. The fourth-order valence-electron chi connectivity index (χ4n) is 3.06. The molecule has 1 N–H and O–H groups in total. The second-order valence-electron chi connectivity index (χ2n) is 5.93. The van der Waals surface area contributed by atoms with Crippen molar-refractivity contribution in [2.24, 2.45) is 5.92 Å². The number of rotatable bonds is 4. The number of nitrogens with zero attached hydrogens (tertiary/aromatic N) is 1. The molecular formula is C16H20F2N2O3. The smallest absolute Gasteiger partial charge is 0.238 e. The van der Waals surface area contributed by atoms with Gasteiger partial charge >= 0.3 is 0 Å². The summed E-state index contributed by atoms with van der Waals surface area (Å²) in [5, 5.41) is 2.53. The highest BCUT2D eigenvalue weighted by atomic mass is 19.1. The molecule has 0 saturated carbocycles. The highest BCUT2D eigenvalue weighted by molar-refractivity contribution is 5.92. The summed E-state index contributed by atoms with van der Waals surface area (Å²) in [4.78, 5) is 14.0. The lowest BCUT2D eigenvalue weighted by Gasteiger charge is -2.33. The van der Waals surface area contributed by atoms with Crippen molar-refractivity contribution in [1.29, 1.82) is 0 Å². The topological polar surface area (TPSA) is 50.8 Å². The Balaban J connectivity index is 1.45. The van der Waals surface area contributed by atoms with Gasteiger partial charge in [0, 0.05) is 17.7 Å². The number of piperidine rings is 1. The summed E-state index contributed by atoms with van der Waals surface area (Å²) in [6.07, 6.45) is 1.71. The molecule has 7 heteroatoms. The van der Waals surface area contributed by atoms with Crippen LogP contribution in [0, 0.1) is 17.6 Å². The van der Waals surface area contributed by atoms with Gasteiger partial charge in [0.05, 0.1) is 19.8 Å². The van der Waals surface area contributed by atoms with E-state index in [-0.39, 0.29) is 24.4 Å². The van der Waals surface area contributed by atoms with E-state index in [0.717, 1.165) is 44.1 Å². The Morgan fingerprint density at radius 3 is 2.35 bits per heavy atom. The molecule has 0 aliphatic carbocycles. The minimum Gasteiger partial charge on any atom is -0.350 e. The molecule has 1 amide bonds. The Labute approximate surface area is 133 Å². The number of benzene rings is 1. The number of carbonyl (C=O) groups is 1. The lowest BCUT2D eigenvalue weighted by atomic mass is 9.96. The molecule has 2 aliphatic rings. The third-order valence-corrected chi connectivity index (χ3v) is 4.18. The van der Waals surface area contributed by atoms with Gasteiger partial charge in [0.15, 0.2) is 6.29 Å². The highest BCUT2D eigenvalue weighted by Gasteiger charge is 2.30. The number of hydrogen-bond acceptors (Lipinski definition) is 4. The Bertz CT molecular complexity index is 536. The lowest BCUT2D eigenvalue weighted by Crippen LogP contribution is -2.41. The van der Waals surface area contributed by atoms with Gasteiger partial charge in [0.25, 0.3) is 0 Å². The van der Waals surface area contributed by atoms with Crippen molar-refractivity contribution >= 4 is 11.6 Å². The van der Waals surface area contributed by atoms with Crippen LogP contribution in [-0.4, -0.2) is 49.9 Å². The van der Waals surface area contributed by atoms with E-state index in [9.17, 15) is 13.6 Å². The fraction of sp³-hybridized carbons (Fsp3) is 0.562. The zero-order valence-corrected chi connectivity index (χ0v) is 12.8. The zero-order chi connectivity index (χ0) is 16.2. The molecule has 1 aromatic carbocycles. The maximum atomic E-state index is 13.1. The Kier molecular flexibility index (Phi) is 5.20. The Morgan fingerprint density at radius 1 is 1.13 bits per heavy atom. The zero-order valence-electron chi connectivity index (χ0n) is 12.8. The summed E-state index contributed by atoms with van der Waals surface area (Å²) >= 11 is 0. The van der Waals surface area contributed by atoms with Crippen molar-refractivity contribution < 1.29 is 23.0 Å². The van der Waals surface area contributed by atoms with Crippen molar-refractivity contribution in [2.75, 3.05) is 38.2 Å². The van der Waals surface area contributed by atoms with Crippen LogP contribution in [0.5, 0.6) is 0 Å². The molecule has 0 bridgehead atoms. The summed E-state index contributed by atoms with van der Waals surface area (Å²) in [5.74, 6) is -1.33. The predicted octanol–water partition coefficient (Wildman–Crippen LogP) is 1.99. The van der Waals surface area contributed by atoms with E-state index in [2.05, 4.69) is 5.32 Å². The van der Waals surface area contributed by atoms with Crippen LogP contribution < -0.4 is 5.32 Å². The van der Waals surface area contributed by atoms with Gasteiger partial charge < -0.3 is 14.8 Å². The van der Waals surface area contributed by atoms with Crippen molar-refractivity contribution in [3.8, 4) is 0 Å². The number of halogens is 2. The molecule has 2 aliphatic heterocycles. The summed E-state index contributed by atoms with van der Waals surface area (Å²) in [6.45, 7) is 3.06. The largest absolute Gasteiger partial charge is 0.350 e. The van der Waals surface area contributed by atoms with Gasteiger partial charge in [0.2, 0.25) is 5.91 Å². The maximum Gasteiger partial charge on any atom is 0.238 e. The number of likely N-dealkylation sites (tertiary alicyclic amines) is 1. The number of hydrogen-bond donors (Lipinski definition) is 1. The molecule has 0 radical (unpaired) electrons. The molecule has 2 fully saturated rings. The van der Waals surface area contributed by atoms with Crippen LogP contribution in [0.1, 0.15) is 12.8 Å². The molecule has 5 nitrogen and oxygen atoms in total. The first kappa shape index (κ1) is 16.3. The van der Waals surface area contributed by atoms with Gasteiger partial charge in [-0.15, -0.1) is 0 Å². The predicted molar refractivity (Wildman–Crippen MR) is 79.8 cm³/mol. The molecule has 0 spiro atoms. The van der Waals surface area contributed by atoms with E-state index in [1.54, 1.807) is 0 Å². The monoisotopic (exact) mass is 326 g/mol. The quantitative estimate of drug-likeness (QED) is 0.919. The molecule has 1 aromatic rings. The lowest BCUT2D eigenvalue weighted by molar-refractivity contribution is -0.119. The number of nitrogens with one attached hydrogen (secondary N) is 1. The van der Waals surface area contributed by atoms with Crippen LogP contribution in [0.15, 0.2) is 18.2 Å². The van der Waals surface area contributed by atoms with E-state index >= 15 is 0 Å². The van der Waals surface area contributed by atoms with Crippen LogP contribution in [0.4, 0.5) is 14.5 Å². The maximum absolute atomic E-state index is 13.1. The Hall–Kier alpha value is -1.57. The molecule has 2 heterocycles. The van der Waals surface area contributed by atoms with Crippen molar-refractivity contribution in [3.63, 3.8) is 0 Å². The van der Waals surface area contributed by atoms with E-state index in [0.29, 0.717) is 19.1 Å². The molecule has 3 rings (SSSR count). The average molecular weight is 326 g/mol. The summed E-state index contributed by atoms with van der Waals surface area (Å²) < 4.78 is 37.2. The van der Waals surface area contributed by atoms with E-state index < -0.39 is 11.6 Å². The Morgan fingerprint density at radius 2 is 1.74 bits per heavy atom. The molecule has 23 heavy (non-hydrogen) atoms. The molecule has 0 atom stereocenters. The number of amides is 1. The van der Waals surface area contributed by atoms with Crippen molar-refractivity contribution in [3.05, 3.63) is 29.8 Å². The number of anilines is 1. The minimum absolute atomic E-state index is 0.110. The van der Waals surface area contributed by atoms with Gasteiger partial charge in [-0.25, -0.2) is 8.78 Å². The number of ether oxygens (including phenoxy) is 2. The van der Waals surface area contributed by atoms with Crippen LogP contribution >= 0.6 is 0 Å². The summed E-state index contributed by atoms with van der Waals surface area (Å²) in [5.41, 5.74) is 0.134. The second kappa shape index (κ2) is 7.33. The molecule has 0 aromatic heterocycles.